The van der Waals surface area contributed by atoms with Crippen molar-refractivity contribution in [2.24, 2.45) is 11.3 Å². The molecule has 2 atom stereocenters. The number of fused-ring (bicyclic) bond motifs is 2. The molecule has 7 heteroatoms. The van der Waals surface area contributed by atoms with Crippen molar-refractivity contribution < 1.29 is 28.6 Å². The minimum Gasteiger partial charge on any atom is -0.497 e. The number of rotatable bonds is 5. The molecule has 166 valence electrons. The first-order valence-corrected chi connectivity index (χ1v) is 10.9. The van der Waals surface area contributed by atoms with Gasteiger partial charge in [0.25, 0.3) is 0 Å². The van der Waals surface area contributed by atoms with Crippen molar-refractivity contribution in [1.82, 2.24) is 4.90 Å². The molecule has 0 saturated carbocycles. The smallest absolute Gasteiger partial charge is 0.416 e. The second kappa shape index (κ2) is 8.36. The fourth-order valence-electron chi connectivity index (χ4n) is 5.47. The Morgan fingerprint density at radius 2 is 2.03 bits per heavy atom. The number of ether oxygens (including phenoxy) is 3. The Balaban J connectivity index is 1.76. The van der Waals surface area contributed by atoms with Gasteiger partial charge in [-0.2, -0.15) is 0 Å². The maximum absolute atomic E-state index is 13.8. The molecule has 0 unspecified atom stereocenters. The second-order valence-corrected chi connectivity index (χ2v) is 8.60. The van der Waals surface area contributed by atoms with Crippen LogP contribution < -0.4 is 4.74 Å². The van der Waals surface area contributed by atoms with E-state index in [1.54, 1.807) is 7.11 Å². The van der Waals surface area contributed by atoms with Crippen LogP contribution in [-0.4, -0.2) is 50.2 Å². The molecular weight excluding hydrogens is 398 g/mol. The zero-order valence-corrected chi connectivity index (χ0v) is 18.4. The number of amides is 2. The van der Waals surface area contributed by atoms with Gasteiger partial charge in [-0.15, -0.1) is 0 Å². The van der Waals surface area contributed by atoms with Gasteiger partial charge in [0.05, 0.1) is 26.2 Å². The van der Waals surface area contributed by atoms with Crippen molar-refractivity contribution in [1.29, 1.82) is 0 Å². The SMILES string of the molecule is COC(=O)CC[C@@H]1CCC2=C(CCc3cc(OC)ccc32)[C@@]1(C)C(=O)N1CCOC1=O. The van der Waals surface area contributed by atoms with E-state index >= 15 is 0 Å². The lowest BCUT2D eigenvalue weighted by molar-refractivity contribution is -0.143. The van der Waals surface area contributed by atoms with Crippen LogP contribution >= 0.6 is 0 Å². The van der Waals surface area contributed by atoms with Crippen LogP contribution in [0.25, 0.3) is 5.57 Å². The molecule has 0 radical (unpaired) electrons. The summed E-state index contributed by atoms with van der Waals surface area (Å²) in [6.45, 7) is 2.45. The highest BCUT2D eigenvalue weighted by molar-refractivity contribution is 6.00. The Kier molecular flexibility index (Phi) is 5.77. The number of hydrogen-bond donors (Lipinski definition) is 0. The van der Waals surface area contributed by atoms with Gasteiger partial charge in [-0.3, -0.25) is 9.59 Å². The van der Waals surface area contributed by atoms with Gasteiger partial charge >= 0.3 is 12.1 Å². The third-order valence-corrected chi connectivity index (χ3v) is 7.21. The van der Waals surface area contributed by atoms with Crippen molar-refractivity contribution >= 4 is 23.5 Å². The molecule has 0 bridgehead atoms. The zero-order valence-electron chi connectivity index (χ0n) is 18.4. The first kappa shape index (κ1) is 21.4. The number of esters is 1. The molecule has 1 heterocycles. The summed E-state index contributed by atoms with van der Waals surface area (Å²) in [5.41, 5.74) is 3.82. The number of hydrogen-bond acceptors (Lipinski definition) is 6. The van der Waals surface area contributed by atoms with E-state index in [0.29, 0.717) is 6.42 Å². The Morgan fingerprint density at radius 1 is 1.23 bits per heavy atom. The number of carbonyl (C=O) groups excluding carboxylic acids is 3. The number of allylic oxidation sites excluding steroid dienone is 1. The van der Waals surface area contributed by atoms with Crippen LogP contribution in [0.1, 0.15) is 50.2 Å². The highest BCUT2D eigenvalue weighted by atomic mass is 16.6. The zero-order chi connectivity index (χ0) is 22.2. The van der Waals surface area contributed by atoms with Gasteiger partial charge in [-0.25, -0.2) is 9.69 Å². The maximum Gasteiger partial charge on any atom is 0.416 e. The van der Waals surface area contributed by atoms with Crippen molar-refractivity contribution in [3.8, 4) is 5.75 Å². The van der Waals surface area contributed by atoms with E-state index in [4.69, 9.17) is 14.2 Å². The van der Waals surface area contributed by atoms with E-state index in [0.717, 1.165) is 42.6 Å². The lowest BCUT2D eigenvalue weighted by Crippen LogP contribution is -2.50. The van der Waals surface area contributed by atoms with Crippen molar-refractivity contribution in [2.75, 3.05) is 27.4 Å². The number of nitrogens with zero attached hydrogens (tertiary/aromatic N) is 1. The predicted molar refractivity (Wildman–Crippen MR) is 113 cm³/mol. The summed E-state index contributed by atoms with van der Waals surface area (Å²) in [6.07, 6.45) is 3.39. The molecule has 0 N–H and O–H groups in total. The molecule has 4 rings (SSSR count). The molecule has 1 aromatic carbocycles. The van der Waals surface area contributed by atoms with Gasteiger partial charge in [-0.1, -0.05) is 11.6 Å². The van der Waals surface area contributed by atoms with Gasteiger partial charge in [0.1, 0.15) is 12.4 Å². The van der Waals surface area contributed by atoms with Crippen LogP contribution in [0.3, 0.4) is 0 Å². The van der Waals surface area contributed by atoms with Gasteiger partial charge in [0.15, 0.2) is 0 Å². The highest BCUT2D eigenvalue weighted by Gasteiger charge is 2.52. The first-order chi connectivity index (χ1) is 14.9. The Labute approximate surface area is 182 Å². The molecule has 0 spiro atoms. The Bertz CT molecular complexity index is 951. The summed E-state index contributed by atoms with van der Waals surface area (Å²) in [5.74, 6) is 0.282. The third kappa shape index (κ3) is 3.60. The lowest BCUT2D eigenvalue weighted by atomic mass is 9.58. The minimum atomic E-state index is -0.859. The van der Waals surface area contributed by atoms with Gasteiger partial charge in [0, 0.05) is 6.42 Å². The summed E-state index contributed by atoms with van der Waals surface area (Å²) in [4.78, 5) is 39.1. The Hall–Kier alpha value is -2.83. The highest BCUT2D eigenvalue weighted by Crippen LogP contribution is 2.54. The van der Waals surface area contributed by atoms with Gasteiger partial charge in [0.2, 0.25) is 5.91 Å². The van der Waals surface area contributed by atoms with E-state index in [2.05, 4.69) is 12.1 Å². The average Bonchev–Trinajstić information content (AvgIpc) is 3.22. The molecule has 0 aromatic heterocycles. The predicted octanol–water partition coefficient (Wildman–Crippen LogP) is 3.74. The average molecular weight is 427 g/mol. The van der Waals surface area contributed by atoms with Gasteiger partial charge < -0.3 is 14.2 Å². The summed E-state index contributed by atoms with van der Waals surface area (Å²) < 4.78 is 15.3. The molecule has 3 aliphatic rings. The Morgan fingerprint density at radius 3 is 2.71 bits per heavy atom. The van der Waals surface area contributed by atoms with Crippen LogP contribution in [0.5, 0.6) is 5.75 Å². The van der Waals surface area contributed by atoms with E-state index in [1.165, 1.54) is 23.1 Å². The summed E-state index contributed by atoms with van der Waals surface area (Å²) in [6, 6.07) is 6.10. The molecule has 1 fully saturated rings. The van der Waals surface area contributed by atoms with Crippen LogP contribution in [0, 0.1) is 11.3 Å². The molecule has 1 aromatic rings. The molecule has 7 nitrogen and oxygen atoms in total. The monoisotopic (exact) mass is 427 g/mol. The van der Waals surface area contributed by atoms with Crippen LogP contribution in [-0.2, 0) is 25.5 Å². The van der Waals surface area contributed by atoms with Crippen molar-refractivity contribution in [2.45, 2.75) is 45.4 Å². The minimum absolute atomic E-state index is 0.0500. The first-order valence-electron chi connectivity index (χ1n) is 10.9. The number of cyclic esters (lactones) is 1. The van der Waals surface area contributed by atoms with E-state index < -0.39 is 11.5 Å². The quantitative estimate of drug-likeness (QED) is 0.666. The fourth-order valence-corrected chi connectivity index (χ4v) is 5.47. The standard InChI is InChI=1S/C24H29NO6/c1-24(22(27)25-12-13-31-23(25)28)16(6-11-21(26)30-3)5-8-19-18-9-7-17(29-2)14-15(18)4-10-20(19)24/h7,9,14,16H,4-6,8,10-13H2,1-3H3/t16-,24-/m0/s1. The number of aryl methyl sites for hydroxylation is 1. The van der Waals surface area contributed by atoms with Crippen molar-refractivity contribution in [3.63, 3.8) is 0 Å². The molecule has 2 amide bonds. The van der Waals surface area contributed by atoms with Crippen LogP contribution in [0.2, 0.25) is 0 Å². The summed E-state index contributed by atoms with van der Waals surface area (Å²) in [5, 5.41) is 0. The lowest BCUT2D eigenvalue weighted by Gasteiger charge is -2.46. The van der Waals surface area contributed by atoms with Crippen molar-refractivity contribution in [3.05, 3.63) is 34.9 Å². The van der Waals surface area contributed by atoms with Crippen LogP contribution in [0.4, 0.5) is 4.79 Å². The fraction of sp³-hybridized carbons (Fsp3) is 0.542. The number of imide groups is 1. The summed E-state index contributed by atoms with van der Waals surface area (Å²) in [7, 11) is 3.04. The normalized spacial score (nSPS) is 24.9. The topological polar surface area (TPSA) is 82.1 Å². The van der Waals surface area contributed by atoms with Gasteiger partial charge in [-0.05, 0) is 73.8 Å². The number of methoxy groups -OCH3 is 2. The molecule has 1 aliphatic heterocycles. The van der Waals surface area contributed by atoms with E-state index in [-0.39, 0.29) is 37.4 Å². The molecular formula is C24H29NO6. The number of benzene rings is 1. The van der Waals surface area contributed by atoms with E-state index in [1.807, 2.05) is 13.0 Å². The number of carbonyl (C=O) groups is 3. The van der Waals surface area contributed by atoms with E-state index in [9.17, 15) is 14.4 Å². The largest absolute Gasteiger partial charge is 0.497 e. The molecule has 2 aliphatic carbocycles. The third-order valence-electron chi connectivity index (χ3n) is 7.21. The maximum atomic E-state index is 13.8. The second-order valence-electron chi connectivity index (χ2n) is 8.60. The molecule has 31 heavy (non-hydrogen) atoms. The van der Waals surface area contributed by atoms with Crippen LogP contribution in [0.15, 0.2) is 23.8 Å². The summed E-state index contributed by atoms with van der Waals surface area (Å²) >= 11 is 0. The molecule has 1 saturated heterocycles.